The molecule has 0 saturated heterocycles. The van der Waals surface area contributed by atoms with Crippen LogP contribution in [0.5, 0.6) is 0 Å². The molecule has 7 heteroatoms. The molecule has 0 bridgehead atoms. The summed E-state index contributed by atoms with van der Waals surface area (Å²) >= 11 is 1.63. The Morgan fingerprint density at radius 1 is 1.43 bits per heavy atom. The predicted molar refractivity (Wildman–Crippen MR) is 87.6 cm³/mol. The van der Waals surface area contributed by atoms with Crippen molar-refractivity contribution in [3.05, 3.63) is 22.4 Å². The lowest BCUT2D eigenvalue weighted by Crippen LogP contribution is -2.49. The lowest BCUT2D eigenvalue weighted by atomic mass is 10.1. The Morgan fingerprint density at radius 2 is 2.10 bits per heavy atom. The molecule has 0 radical (unpaired) electrons. The van der Waals surface area contributed by atoms with Crippen LogP contribution in [0.2, 0.25) is 0 Å². The highest BCUT2D eigenvalue weighted by molar-refractivity contribution is 7.90. The van der Waals surface area contributed by atoms with Gasteiger partial charge in [-0.3, -0.25) is 0 Å². The number of amides is 2. The Labute approximate surface area is 131 Å². The second-order valence-electron chi connectivity index (χ2n) is 5.41. The minimum absolute atomic E-state index is 0.00610. The van der Waals surface area contributed by atoms with Gasteiger partial charge in [-0.1, -0.05) is 0 Å². The van der Waals surface area contributed by atoms with Crippen LogP contribution >= 0.6 is 11.3 Å². The minimum Gasteiger partial charge on any atom is -0.335 e. The van der Waals surface area contributed by atoms with Gasteiger partial charge in [0.15, 0.2) is 0 Å². The molecule has 120 valence electrons. The summed E-state index contributed by atoms with van der Waals surface area (Å²) in [7, 11) is -3.10. The van der Waals surface area contributed by atoms with Crippen molar-refractivity contribution in [2.45, 2.75) is 39.3 Å². The number of rotatable bonds is 7. The van der Waals surface area contributed by atoms with E-state index in [1.165, 1.54) is 11.8 Å². The number of urea groups is 1. The third-order valence-corrected chi connectivity index (χ3v) is 4.99. The molecule has 21 heavy (non-hydrogen) atoms. The fraction of sp³-hybridized carbons (Fsp3) is 0.643. The van der Waals surface area contributed by atoms with Gasteiger partial charge in [0.2, 0.25) is 0 Å². The smallest absolute Gasteiger partial charge is 0.317 e. The van der Waals surface area contributed by atoms with Crippen molar-refractivity contribution in [3.8, 4) is 0 Å². The maximum atomic E-state index is 12.3. The van der Waals surface area contributed by atoms with Gasteiger partial charge in [-0.2, -0.15) is 11.3 Å². The van der Waals surface area contributed by atoms with Crippen LogP contribution < -0.4 is 5.32 Å². The van der Waals surface area contributed by atoms with Crippen molar-refractivity contribution in [3.63, 3.8) is 0 Å². The average molecular weight is 332 g/mol. The maximum absolute atomic E-state index is 12.3. The number of hydrogen-bond acceptors (Lipinski definition) is 4. The highest BCUT2D eigenvalue weighted by Gasteiger charge is 2.22. The largest absolute Gasteiger partial charge is 0.335 e. The number of nitrogens with one attached hydrogen (secondary N) is 1. The van der Waals surface area contributed by atoms with Gasteiger partial charge in [0.05, 0.1) is 5.75 Å². The van der Waals surface area contributed by atoms with E-state index in [1.807, 2.05) is 25.3 Å². The van der Waals surface area contributed by atoms with Gasteiger partial charge in [0.25, 0.3) is 0 Å². The van der Waals surface area contributed by atoms with Gasteiger partial charge in [0.1, 0.15) is 9.84 Å². The van der Waals surface area contributed by atoms with Crippen LogP contribution in [0.1, 0.15) is 26.3 Å². The van der Waals surface area contributed by atoms with Crippen LogP contribution in [0.3, 0.4) is 0 Å². The van der Waals surface area contributed by atoms with E-state index in [9.17, 15) is 13.2 Å². The highest BCUT2D eigenvalue weighted by Crippen LogP contribution is 2.09. The monoisotopic (exact) mass is 332 g/mol. The molecule has 1 heterocycles. The Bertz CT molecular complexity index is 541. The number of hydrogen-bond donors (Lipinski definition) is 1. The van der Waals surface area contributed by atoms with E-state index in [0.717, 1.165) is 6.42 Å². The van der Waals surface area contributed by atoms with Gasteiger partial charge >= 0.3 is 6.03 Å². The van der Waals surface area contributed by atoms with Crippen LogP contribution in [0.25, 0.3) is 0 Å². The zero-order valence-corrected chi connectivity index (χ0v) is 14.6. The lowest BCUT2D eigenvalue weighted by molar-refractivity contribution is 0.184. The van der Waals surface area contributed by atoms with Crippen molar-refractivity contribution < 1.29 is 13.2 Å². The van der Waals surface area contributed by atoms with Crippen LogP contribution in [0.4, 0.5) is 4.79 Å². The summed E-state index contributed by atoms with van der Waals surface area (Å²) in [4.78, 5) is 13.8. The summed E-state index contributed by atoms with van der Waals surface area (Å²) < 4.78 is 22.7. The first-order valence-electron chi connectivity index (χ1n) is 6.99. The molecule has 1 aromatic heterocycles. The lowest BCUT2D eigenvalue weighted by Gasteiger charge is -2.29. The molecule has 0 aliphatic carbocycles. The molecular formula is C14H24N2O3S2. The second-order valence-corrected chi connectivity index (χ2v) is 8.38. The Balaban J connectivity index is 2.58. The van der Waals surface area contributed by atoms with Crippen LogP contribution in [-0.2, 0) is 16.3 Å². The van der Waals surface area contributed by atoms with Crippen molar-refractivity contribution >= 4 is 27.2 Å². The molecule has 2 amide bonds. The molecule has 0 spiro atoms. The predicted octanol–water partition coefficient (Wildman–Crippen LogP) is 2.14. The SMILES string of the molecule is CCN(C(=O)N[C@@H](C)Cc1ccsc1)[C@H](C)CS(C)(=O)=O. The van der Waals surface area contributed by atoms with E-state index < -0.39 is 9.84 Å². The molecule has 0 unspecified atom stereocenters. The number of nitrogens with zero attached hydrogens (tertiary/aromatic N) is 1. The Morgan fingerprint density at radius 3 is 2.57 bits per heavy atom. The zero-order valence-electron chi connectivity index (χ0n) is 13.0. The van der Waals surface area contributed by atoms with Crippen molar-refractivity contribution in [2.75, 3.05) is 18.6 Å². The topological polar surface area (TPSA) is 66.5 Å². The van der Waals surface area contributed by atoms with E-state index in [0.29, 0.717) is 6.54 Å². The fourth-order valence-corrected chi connectivity index (χ4v) is 4.03. The average Bonchev–Trinajstić information content (AvgIpc) is 2.79. The molecule has 2 atom stereocenters. The van der Waals surface area contributed by atoms with Gasteiger partial charge in [-0.05, 0) is 49.6 Å². The Hall–Kier alpha value is -1.08. The van der Waals surface area contributed by atoms with E-state index in [1.54, 1.807) is 23.2 Å². The third-order valence-electron chi connectivity index (χ3n) is 3.17. The molecule has 1 N–H and O–H groups in total. The zero-order chi connectivity index (χ0) is 16.0. The van der Waals surface area contributed by atoms with Crippen LogP contribution in [0, 0.1) is 0 Å². The van der Waals surface area contributed by atoms with E-state index >= 15 is 0 Å². The third kappa shape index (κ3) is 6.48. The molecule has 1 rings (SSSR count). The first-order valence-corrected chi connectivity index (χ1v) is 9.99. The summed E-state index contributed by atoms with van der Waals surface area (Å²) in [6, 6.07) is 1.50. The highest BCUT2D eigenvalue weighted by atomic mass is 32.2. The van der Waals surface area contributed by atoms with Gasteiger partial charge in [-0.15, -0.1) is 0 Å². The molecule has 1 aromatic rings. The molecule has 0 aliphatic rings. The summed E-state index contributed by atoms with van der Waals surface area (Å²) in [5.74, 6) is -0.0207. The first-order chi connectivity index (χ1) is 9.73. The van der Waals surface area contributed by atoms with Crippen LogP contribution in [-0.4, -0.2) is 50.0 Å². The summed E-state index contributed by atoms with van der Waals surface area (Å²) in [6.07, 6.45) is 1.96. The molecule has 5 nitrogen and oxygen atoms in total. The summed E-state index contributed by atoms with van der Waals surface area (Å²) in [5, 5.41) is 7.00. The first kappa shape index (κ1) is 18.0. The summed E-state index contributed by atoms with van der Waals surface area (Å²) in [5.41, 5.74) is 1.19. The van der Waals surface area contributed by atoms with E-state index in [-0.39, 0.29) is 23.9 Å². The Kier molecular flexibility index (Phi) is 6.67. The molecule has 0 saturated carbocycles. The van der Waals surface area contributed by atoms with E-state index in [2.05, 4.69) is 10.7 Å². The fourth-order valence-electron chi connectivity index (χ4n) is 2.29. The number of thiophene rings is 1. The molecule has 0 aromatic carbocycles. The summed E-state index contributed by atoms with van der Waals surface area (Å²) in [6.45, 7) is 6.04. The number of carbonyl (C=O) groups excluding carboxylic acids is 1. The second kappa shape index (κ2) is 7.79. The molecular weight excluding hydrogens is 308 g/mol. The quantitative estimate of drug-likeness (QED) is 0.832. The van der Waals surface area contributed by atoms with Crippen LogP contribution in [0.15, 0.2) is 16.8 Å². The van der Waals surface area contributed by atoms with Crippen molar-refractivity contribution in [1.29, 1.82) is 0 Å². The number of carbonyl (C=O) groups is 1. The van der Waals surface area contributed by atoms with Gasteiger partial charge in [-0.25, -0.2) is 13.2 Å². The van der Waals surface area contributed by atoms with Crippen molar-refractivity contribution in [2.24, 2.45) is 0 Å². The normalized spacial score (nSPS) is 14.5. The van der Waals surface area contributed by atoms with Crippen molar-refractivity contribution in [1.82, 2.24) is 10.2 Å². The minimum atomic E-state index is -3.10. The van der Waals surface area contributed by atoms with Gasteiger partial charge < -0.3 is 10.2 Å². The standard InChI is InChI=1S/C14H24N2O3S2/c1-5-16(12(3)10-21(4,18)19)14(17)15-11(2)8-13-6-7-20-9-13/h6-7,9,11-12H,5,8,10H2,1-4H3,(H,15,17)/t11-,12+/m0/s1. The number of sulfone groups is 1. The maximum Gasteiger partial charge on any atom is 0.317 e. The molecule has 0 aliphatic heterocycles. The van der Waals surface area contributed by atoms with E-state index in [4.69, 9.17) is 0 Å². The molecule has 0 fully saturated rings. The van der Waals surface area contributed by atoms with Gasteiger partial charge in [0, 0.05) is 24.9 Å².